The van der Waals surface area contributed by atoms with Crippen LogP contribution in [0.2, 0.25) is 0 Å². The second-order valence-electron chi connectivity index (χ2n) is 4.36. The fourth-order valence-electron chi connectivity index (χ4n) is 2.01. The molecule has 0 aliphatic carbocycles. The van der Waals surface area contributed by atoms with Gasteiger partial charge in [-0.3, -0.25) is 4.79 Å². The minimum Gasteiger partial charge on any atom is -0.348 e. The van der Waals surface area contributed by atoms with Crippen molar-refractivity contribution in [2.75, 3.05) is 13.1 Å². The maximum atomic E-state index is 13.4. The van der Waals surface area contributed by atoms with Gasteiger partial charge >= 0.3 is 0 Å². The van der Waals surface area contributed by atoms with E-state index in [1.807, 2.05) is 0 Å². The van der Waals surface area contributed by atoms with E-state index in [1.54, 1.807) is 0 Å². The van der Waals surface area contributed by atoms with Gasteiger partial charge in [0, 0.05) is 18.7 Å². The monoisotopic (exact) mass is 276 g/mol. The molecule has 1 aromatic rings. The van der Waals surface area contributed by atoms with Crippen LogP contribution < -0.4 is 10.6 Å². The van der Waals surface area contributed by atoms with Crippen molar-refractivity contribution in [3.8, 4) is 0 Å². The summed E-state index contributed by atoms with van der Waals surface area (Å²) in [7, 11) is 0. The number of benzene rings is 1. The van der Waals surface area contributed by atoms with Crippen molar-refractivity contribution >= 4 is 5.91 Å². The van der Waals surface area contributed by atoms with Crippen LogP contribution in [0, 0.1) is 23.3 Å². The zero-order valence-electron chi connectivity index (χ0n) is 9.90. The van der Waals surface area contributed by atoms with Gasteiger partial charge in [-0.15, -0.1) is 0 Å². The van der Waals surface area contributed by atoms with Crippen LogP contribution in [0.3, 0.4) is 0 Å². The van der Waals surface area contributed by atoms with Gasteiger partial charge in [-0.05, 0) is 19.4 Å². The van der Waals surface area contributed by atoms with Gasteiger partial charge in [-0.25, -0.2) is 17.6 Å². The highest BCUT2D eigenvalue weighted by Crippen LogP contribution is 2.19. The van der Waals surface area contributed by atoms with E-state index in [4.69, 9.17) is 0 Å². The van der Waals surface area contributed by atoms with Crippen LogP contribution in [-0.4, -0.2) is 25.0 Å². The van der Waals surface area contributed by atoms with Crippen LogP contribution in [0.15, 0.2) is 6.07 Å². The van der Waals surface area contributed by atoms with Gasteiger partial charge < -0.3 is 10.6 Å². The van der Waals surface area contributed by atoms with Crippen LogP contribution in [0.5, 0.6) is 0 Å². The smallest absolute Gasteiger partial charge is 0.257 e. The van der Waals surface area contributed by atoms with Crippen LogP contribution in [0.1, 0.15) is 23.2 Å². The number of carbonyl (C=O) groups is 1. The lowest BCUT2D eigenvalue weighted by atomic mass is 10.1. The normalized spacial score (nSPS) is 19.3. The average Bonchev–Trinajstić information content (AvgIpc) is 2.38. The van der Waals surface area contributed by atoms with Crippen molar-refractivity contribution in [1.82, 2.24) is 10.6 Å². The summed E-state index contributed by atoms with van der Waals surface area (Å²) in [4.78, 5) is 11.7. The maximum absolute atomic E-state index is 13.4. The van der Waals surface area contributed by atoms with Crippen molar-refractivity contribution in [3.63, 3.8) is 0 Å². The molecule has 0 spiro atoms. The molecule has 104 valence electrons. The Bertz CT molecular complexity index is 475. The predicted octanol–water partition coefficient (Wildman–Crippen LogP) is 1.72. The first kappa shape index (κ1) is 13.8. The van der Waals surface area contributed by atoms with Crippen molar-refractivity contribution < 1.29 is 22.4 Å². The molecule has 3 nitrogen and oxygen atoms in total. The molecular weight excluding hydrogens is 264 g/mol. The lowest BCUT2D eigenvalue weighted by molar-refractivity contribution is 0.0919. The number of rotatable bonds is 2. The number of hydrogen-bond donors (Lipinski definition) is 2. The number of piperidine rings is 1. The van der Waals surface area contributed by atoms with Gasteiger partial charge in [0.1, 0.15) is 5.56 Å². The first-order valence-corrected chi connectivity index (χ1v) is 5.85. The van der Waals surface area contributed by atoms with E-state index in [1.165, 1.54) is 0 Å². The molecule has 0 aromatic heterocycles. The van der Waals surface area contributed by atoms with E-state index < -0.39 is 34.7 Å². The number of hydrogen-bond acceptors (Lipinski definition) is 2. The summed E-state index contributed by atoms with van der Waals surface area (Å²) in [6.07, 6.45) is 1.44. The molecule has 1 aromatic carbocycles. The standard InChI is InChI=1S/C12H12F4N2O/c13-7-4-8(14)11(16)9(10(7)15)12(19)18-6-2-1-3-17-5-6/h4,6,17H,1-3,5H2,(H,18,19). The van der Waals surface area contributed by atoms with Crippen molar-refractivity contribution in [2.24, 2.45) is 0 Å². The van der Waals surface area contributed by atoms with Crippen molar-refractivity contribution in [2.45, 2.75) is 18.9 Å². The Morgan fingerprint density at radius 1 is 1.21 bits per heavy atom. The molecule has 0 saturated carbocycles. The largest absolute Gasteiger partial charge is 0.348 e. The molecule has 19 heavy (non-hydrogen) atoms. The van der Waals surface area contributed by atoms with Crippen LogP contribution in [0.4, 0.5) is 17.6 Å². The molecule has 0 bridgehead atoms. The second-order valence-corrected chi connectivity index (χ2v) is 4.36. The minimum atomic E-state index is -1.68. The highest BCUT2D eigenvalue weighted by molar-refractivity contribution is 5.95. The molecule has 2 N–H and O–H groups in total. The van der Waals surface area contributed by atoms with Gasteiger partial charge in [0.25, 0.3) is 5.91 Å². The van der Waals surface area contributed by atoms with Gasteiger partial charge in [0.15, 0.2) is 23.3 Å². The fourth-order valence-corrected chi connectivity index (χ4v) is 2.01. The topological polar surface area (TPSA) is 41.1 Å². The van der Waals surface area contributed by atoms with Gasteiger partial charge in [-0.1, -0.05) is 0 Å². The molecule has 0 radical (unpaired) electrons. The van der Waals surface area contributed by atoms with E-state index >= 15 is 0 Å². The quantitative estimate of drug-likeness (QED) is 0.638. The lowest BCUT2D eigenvalue weighted by Gasteiger charge is -2.24. The summed E-state index contributed by atoms with van der Waals surface area (Å²) in [6.45, 7) is 1.25. The predicted molar refractivity (Wildman–Crippen MR) is 59.6 cm³/mol. The molecule has 1 aliphatic heterocycles. The highest BCUT2D eigenvalue weighted by atomic mass is 19.2. The first-order chi connectivity index (χ1) is 9.00. The zero-order valence-corrected chi connectivity index (χ0v) is 9.90. The SMILES string of the molecule is O=C(NC1CCCNC1)c1c(F)c(F)cc(F)c1F. The molecule has 1 atom stereocenters. The molecule has 7 heteroatoms. The lowest BCUT2D eigenvalue weighted by Crippen LogP contribution is -2.46. The Balaban J connectivity index is 2.23. The van der Waals surface area contributed by atoms with E-state index in [0.717, 1.165) is 13.0 Å². The zero-order chi connectivity index (χ0) is 14.0. The summed E-state index contributed by atoms with van der Waals surface area (Å²) in [5, 5.41) is 5.35. The average molecular weight is 276 g/mol. The Morgan fingerprint density at radius 3 is 2.37 bits per heavy atom. The van der Waals surface area contributed by atoms with Crippen LogP contribution >= 0.6 is 0 Å². The number of amides is 1. The molecule has 2 rings (SSSR count). The molecule has 1 fully saturated rings. The number of halogens is 4. The maximum Gasteiger partial charge on any atom is 0.257 e. The molecular formula is C12H12F4N2O. The van der Waals surface area contributed by atoms with E-state index in [9.17, 15) is 22.4 Å². The van der Waals surface area contributed by atoms with Crippen LogP contribution in [0.25, 0.3) is 0 Å². The van der Waals surface area contributed by atoms with E-state index in [-0.39, 0.29) is 12.1 Å². The summed E-state index contributed by atoms with van der Waals surface area (Å²) in [5.74, 6) is -7.70. The molecule has 1 amide bonds. The van der Waals surface area contributed by atoms with E-state index in [2.05, 4.69) is 10.6 Å². The number of carbonyl (C=O) groups excluding carboxylic acids is 1. The van der Waals surface area contributed by atoms with Crippen molar-refractivity contribution in [1.29, 1.82) is 0 Å². The minimum absolute atomic E-state index is 0.0730. The third-order valence-corrected chi connectivity index (χ3v) is 2.97. The highest BCUT2D eigenvalue weighted by Gasteiger charge is 2.26. The Hall–Kier alpha value is -1.63. The summed E-state index contributed by atoms with van der Waals surface area (Å²) >= 11 is 0. The molecule has 1 saturated heterocycles. The summed E-state index contributed by atoms with van der Waals surface area (Å²) in [6, 6.07) is -0.241. The van der Waals surface area contributed by atoms with E-state index in [0.29, 0.717) is 13.0 Å². The van der Waals surface area contributed by atoms with Gasteiger partial charge in [0.05, 0.1) is 0 Å². The third kappa shape index (κ3) is 2.86. The number of nitrogens with one attached hydrogen (secondary N) is 2. The van der Waals surface area contributed by atoms with Gasteiger partial charge in [-0.2, -0.15) is 0 Å². The summed E-state index contributed by atoms with van der Waals surface area (Å²) < 4.78 is 52.7. The molecule has 1 unspecified atom stereocenters. The first-order valence-electron chi connectivity index (χ1n) is 5.85. The second kappa shape index (κ2) is 5.56. The molecule has 1 aliphatic rings. The van der Waals surface area contributed by atoms with Gasteiger partial charge in [0.2, 0.25) is 0 Å². The van der Waals surface area contributed by atoms with Crippen molar-refractivity contribution in [3.05, 3.63) is 34.9 Å². The Kier molecular flexibility index (Phi) is 4.04. The van der Waals surface area contributed by atoms with Crippen LogP contribution in [-0.2, 0) is 0 Å². The Morgan fingerprint density at radius 2 is 1.84 bits per heavy atom. The third-order valence-electron chi connectivity index (χ3n) is 2.97. The molecule has 1 heterocycles. The fraction of sp³-hybridized carbons (Fsp3) is 0.417. The summed E-state index contributed by atoms with van der Waals surface area (Å²) in [5.41, 5.74) is -1.22. The Labute approximate surface area is 107 Å².